The predicted octanol–water partition coefficient (Wildman–Crippen LogP) is 2.92. The molecule has 0 aliphatic rings. The summed E-state index contributed by atoms with van der Waals surface area (Å²) in [5, 5.41) is 9.19. The standard InChI is InChI=1S/C14H20F2N4/c1-5-19(6-2)12-10(9-17)11(15)14(18-13(12)16)20(7-3)8-4/h5-8H2,1-4H3. The molecule has 0 N–H and O–H groups in total. The van der Waals surface area contributed by atoms with Crippen molar-refractivity contribution in [1.29, 1.82) is 5.26 Å². The molecule has 0 saturated heterocycles. The lowest BCUT2D eigenvalue weighted by atomic mass is 10.2. The Labute approximate surface area is 118 Å². The zero-order chi connectivity index (χ0) is 15.3. The first kappa shape index (κ1) is 16.2. The van der Waals surface area contributed by atoms with E-state index in [1.54, 1.807) is 15.9 Å². The van der Waals surface area contributed by atoms with Crippen LogP contribution in [0, 0.1) is 23.1 Å². The molecular weight excluding hydrogens is 262 g/mol. The zero-order valence-electron chi connectivity index (χ0n) is 12.4. The van der Waals surface area contributed by atoms with Gasteiger partial charge in [-0.2, -0.15) is 14.6 Å². The van der Waals surface area contributed by atoms with Crippen LogP contribution in [0.15, 0.2) is 0 Å². The number of pyridine rings is 1. The lowest BCUT2D eigenvalue weighted by Crippen LogP contribution is -2.28. The van der Waals surface area contributed by atoms with E-state index < -0.39 is 11.8 Å². The number of aromatic nitrogens is 1. The molecule has 0 amide bonds. The Morgan fingerprint density at radius 3 is 1.90 bits per heavy atom. The second-order valence-corrected chi connectivity index (χ2v) is 4.22. The van der Waals surface area contributed by atoms with Gasteiger partial charge in [-0.05, 0) is 27.7 Å². The van der Waals surface area contributed by atoms with E-state index in [9.17, 15) is 14.0 Å². The van der Waals surface area contributed by atoms with Crippen molar-refractivity contribution >= 4 is 11.5 Å². The van der Waals surface area contributed by atoms with Crippen LogP contribution in [-0.2, 0) is 0 Å². The fourth-order valence-corrected chi connectivity index (χ4v) is 2.18. The van der Waals surface area contributed by atoms with Crippen molar-refractivity contribution < 1.29 is 8.78 Å². The van der Waals surface area contributed by atoms with Gasteiger partial charge in [-0.15, -0.1) is 0 Å². The summed E-state index contributed by atoms with van der Waals surface area (Å²) >= 11 is 0. The third-order valence-corrected chi connectivity index (χ3v) is 3.31. The quantitative estimate of drug-likeness (QED) is 0.752. The van der Waals surface area contributed by atoms with Crippen LogP contribution >= 0.6 is 0 Å². The highest BCUT2D eigenvalue weighted by molar-refractivity contribution is 5.64. The average Bonchev–Trinajstić information content (AvgIpc) is 2.46. The highest BCUT2D eigenvalue weighted by Gasteiger charge is 2.25. The maximum atomic E-state index is 14.5. The molecule has 0 unspecified atom stereocenters. The Morgan fingerprint density at radius 2 is 1.50 bits per heavy atom. The first-order valence-electron chi connectivity index (χ1n) is 6.84. The summed E-state index contributed by atoms with van der Waals surface area (Å²) in [5.74, 6) is -1.65. The van der Waals surface area contributed by atoms with Crippen molar-refractivity contribution in [3.05, 3.63) is 17.3 Å². The van der Waals surface area contributed by atoms with E-state index in [-0.39, 0.29) is 17.1 Å². The van der Waals surface area contributed by atoms with Crippen LogP contribution in [-0.4, -0.2) is 31.2 Å². The molecule has 1 aromatic heterocycles. The van der Waals surface area contributed by atoms with Gasteiger partial charge in [-0.3, -0.25) is 0 Å². The fraction of sp³-hybridized carbons (Fsp3) is 0.571. The number of hydrogen-bond donors (Lipinski definition) is 0. The Morgan fingerprint density at radius 1 is 1.00 bits per heavy atom. The topological polar surface area (TPSA) is 43.2 Å². The first-order chi connectivity index (χ1) is 9.55. The molecule has 0 fully saturated rings. The van der Waals surface area contributed by atoms with Crippen LogP contribution in [0.2, 0.25) is 0 Å². The van der Waals surface area contributed by atoms with Gasteiger partial charge in [0.15, 0.2) is 11.6 Å². The summed E-state index contributed by atoms with van der Waals surface area (Å²) in [4.78, 5) is 6.91. The van der Waals surface area contributed by atoms with Crippen LogP contribution in [0.4, 0.5) is 20.3 Å². The van der Waals surface area contributed by atoms with Gasteiger partial charge in [0.1, 0.15) is 17.3 Å². The lowest BCUT2D eigenvalue weighted by Gasteiger charge is -2.26. The van der Waals surface area contributed by atoms with Gasteiger partial charge in [-0.25, -0.2) is 4.39 Å². The monoisotopic (exact) mass is 282 g/mol. The molecule has 0 spiro atoms. The van der Waals surface area contributed by atoms with Crippen molar-refractivity contribution in [1.82, 2.24) is 4.98 Å². The normalized spacial score (nSPS) is 10.2. The van der Waals surface area contributed by atoms with Gasteiger partial charge in [0.25, 0.3) is 0 Å². The van der Waals surface area contributed by atoms with Crippen molar-refractivity contribution in [2.45, 2.75) is 27.7 Å². The molecular formula is C14H20F2N4. The Kier molecular flexibility index (Phi) is 5.68. The highest BCUT2D eigenvalue weighted by Crippen LogP contribution is 2.30. The van der Waals surface area contributed by atoms with E-state index in [0.717, 1.165) is 0 Å². The van der Waals surface area contributed by atoms with Gasteiger partial charge in [0.2, 0.25) is 5.95 Å². The Bertz CT molecular complexity index is 503. The fourth-order valence-electron chi connectivity index (χ4n) is 2.18. The third-order valence-electron chi connectivity index (χ3n) is 3.31. The summed E-state index contributed by atoms with van der Waals surface area (Å²) in [6.45, 7) is 9.24. The molecule has 0 saturated carbocycles. The minimum Gasteiger partial charge on any atom is -0.367 e. The second kappa shape index (κ2) is 7.04. The predicted molar refractivity (Wildman–Crippen MR) is 76.0 cm³/mol. The van der Waals surface area contributed by atoms with Crippen LogP contribution in [0.25, 0.3) is 0 Å². The number of hydrogen-bond acceptors (Lipinski definition) is 4. The van der Waals surface area contributed by atoms with Crippen LogP contribution in [0.5, 0.6) is 0 Å². The molecule has 20 heavy (non-hydrogen) atoms. The van der Waals surface area contributed by atoms with Crippen LogP contribution in [0.3, 0.4) is 0 Å². The molecule has 110 valence electrons. The minimum atomic E-state index is -0.798. The molecule has 0 aliphatic carbocycles. The van der Waals surface area contributed by atoms with Gasteiger partial charge in [-0.1, -0.05) is 0 Å². The molecule has 6 heteroatoms. The Hall–Kier alpha value is -1.90. The molecule has 1 heterocycles. The van der Waals surface area contributed by atoms with E-state index in [0.29, 0.717) is 26.2 Å². The van der Waals surface area contributed by atoms with E-state index in [1.807, 2.05) is 27.7 Å². The van der Waals surface area contributed by atoms with E-state index in [1.165, 1.54) is 0 Å². The van der Waals surface area contributed by atoms with Crippen LogP contribution in [0.1, 0.15) is 33.3 Å². The molecule has 0 aliphatic heterocycles. The van der Waals surface area contributed by atoms with Crippen molar-refractivity contribution in [3.8, 4) is 6.07 Å². The number of rotatable bonds is 6. The minimum absolute atomic E-state index is 0.0501. The summed E-state index contributed by atoms with van der Waals surface area (Å²) in [5.41, 5.74) is -0.325. The lowest BCUT2D eigenvalue weighted by molar-refractivity contribution is 0.548. The third kappa shape index (κ3) is 2.82. The molecule has 1 aromatic rings. The van der Waals surface area contributed by atoms with Crippen molar-refractivity contribution in [2.75, 3.05) is 36.0 Å². The first-order valence-corrected chi connectivity index (χ1v) is 6.84. The van der Waals surface area contributed by atoms with Gasteiger partial charge in [0.05, 0.1) is 0 Å². The number of nitriles is 1. The van der Waals surface area contributed by atoms with Crippen molar-refractivity contribution in [3.63, 3.8) is 0 Å². The van der Waals surface area contributed by atoms with Crippen molar-refractivity contribution in [2.24, 2.45) is 0 Å². The second-order valence-electron chi connectivity index (χ2n) is 4.22. The van der Waals surface area contributed by atoms with E-state index in [2.05, 4.69) is 4.98 Å². The van der Waals surface area contributed by atoms with E-state index in [4.69, 9.17) is 0 Å². The number of nitrogens with zero attached hydrogens (tertiary/aromatic N) is 4. The number of halogens is 2. The molecule has 4 nitrogen and oxygen atoms in total. The highest BCUT2D eigenvalue weighted by atomic mass is 19.1. The number of anilines is 2. The zero-order valence-corrected chi connectivity index (χ0v) is 12.4. The summed E-state index contributed by atoms with van der Waals surface area (Å²) in [7, 11) is 0. The van der Waals surface area contributed by atoms with Gasteiger partial charge in [0, 0.05) is 26.2 Å². The maximum absolute atomic E-state index is 14.5. The molecule has 0 aromatic carbocycles. The van der Waals surface area contributed by atoms with Crippen LogP contribution < -0.4 is 9.80 Å². The SMILES string of the molecule is CCN(CC)c1nc(F)c(N(CC)CC)c(C#N)c1F. The smallest absolute Gasteiger partial charge is 0.239 e. The van der Waals surface area contributed by atoms with E-state index >= 15 is 0 Å². The maximum Gasteiger partial charge on any atom is 0.239 e. The van der Waals surface area contributed by atoms with Gasteiger partial charge < -0.3 is 9.80 Å². The average molecular weight is 282 g/mol. The molecule has 0 bridgehead atoms. The summed E-state index contributed by atoms with van der Waals surface area (Å²) < 4.78 is 28.7. The summed E-state index contributed by atoms with van der Waals surface area (Å²) in [6.07, 6.45) is 0. The van der Waals surface area contributed by atoms with Gasteiger partial charge >= 0.3 is 0 Å². The molecule has 0 atom stereocenters. The molecule has 0 radical (unpaired) electrons. The molecule has 1 rings (SSSR count). The largest absolute Gasteiger partial charge is 0.367 e. The summed E-state index contributed by atoms with van der Waals surface area (Å²) in [6, 6.07) is 1.77. The Balaban J connectivity index is 3.53.